The highest BCUT2D eigenvalue weighted by Crippen LogP contribution is 2.10. The van der Waals surface area contributed by atoms with Crippen molar-refractivity contribution in [2.24, 2.45) is 4.99 Å². The van der Waals surface area contributed by atoms with Crippen molar-refractivity contribution in [3.8, 4) is 5.75 Å². The second-order valence-corrected chi connectivity index (χ2v) is 5.38. The SMILES string of the molecule is CCCCCN=C(NCC)NCCNC(=O)c1ccc(OC)cc1.I. The molecule has 0 fully saturated rings. The van der Waals surface area contributed by atoms with Gasteiger partial charge in [-0.3, -0.25) is 9.79 Å². The molecule has 0 unspecified atom stereocenters. The maximum Gasteiger partial charge on any atom is 0.251 e. The Morgan fingerprint density at radius 3 is 2.32 bits per heavy atom. The van der Waals surface area contributed by atoms with Crippen molar-refractivity contribution >= 4 is 35.8 Å². The Morgan fingerprint density at radius 1 is 1.04 bits per heavy atom. The summed E-state index contributed by atoms with van der Waals surface area (Å²) >= 11 is 0. The van der Waals surface area contributed by atoms with E-state index >= 15 is 0 Å². The molecule has 6 nitrogen and oxygen atoms in total. The Kier molecular flexibility index (Phi) is 13.9. The van der Waals surface area contributed by atoms with Crippen LogP contribution < -0.4 is 20.7 Å². The summed E-state index contributed by atoms with van der Waals surface area (Å²) in [7, 11) is 1.60. The Hall–Kier alpha value is -1.51. The van der Waals surface area contributed by atoms with E-state index in [-0.39, 0.29) is 29.9 Å². The molecule has 1 rings (SSSR count). The Morgan fingerprint density at radius 2 is 1.72 bits per heavy atom. The predicted octanol–water partition coefficient (Wildman–Crippen LogP) is 2.79. The molecule has 0 radical (unpaired) electrons. The average molecular weight is 462 g/mol. The fourth-order valence-corrected chi connectivity index (χ4v) is 2.10. The van der Waals surface area contributed by atoms with Gasteiger partial charge in [-0.05, 0) is 37.6 Å². The summed E-state index contributed by atoms with van der Waals surface area (Å²) < 4.78 is 5.08. The maximum atomic E-state index is 12.0. The highest BCUT2D eigenvalue weighted by molar-refractivity contribution is 14.0. The van der Waals surface area contributed by atoms with E-state index in [1.54, 1.807) is 31.4 Å². The number of unbranched alkanes of at least 4 members (excludes halogenated alkanes) is 2. The van der Waals surface area contributed by atoms with Gasteiger partial charge in [0.2, 0.25) is 0 Å². The Bertz CT molecular complexity index is 506. The van der Waals surface area contributed by atoms with Gasteiger partial charge < -0.3 is 20.7 Å². The standard InChI is InChI=1S/C18H30N4O2.HI/c1-4-6-7-12-21-18(19-5-2)22-14-13-20-17(23)15-8-10-16(24-3)11-9-15;/h8-11H,4-7,12-14H2,1-3H3,(H,20,23)(H2,19,21,22);1H. The Balaban J connectivity index is 0.00000576. The number of aliphatic imine (C=N–C) groups is 1. The third kappa shape index (κ3) is 10.2. The van der Waals surface area contributed by atoms with E-state index in [0.717, 1.165) is 31.2 Å². The zero-order valence-electron chi connectivity index (χ0n) is 15.4. The van der Waals surface area contributed by atoms with Crippen LogP contribution in [0.1, 0.15) is 43.5 Å². The third-order valence-corrected chi connectivity index (χ3v) is 3.43. The molecule has 1 aromatic carbocycles. The quantitative estimate of drug-likeness (QED) is 0.216. The van der Waals surface area contributed by atoms with E-state index in [2.05, 4.69) is 27.9 Å². The van der Waals surface area contributed by atoms with Gasteiger partial charge in [-0.1, -0.05) is 19.8 Å². The molecule has 0 aliphatic rings. The number of carbonyl (C=O) groups excluding carboxylic acids is 1. The number of nitrogens with one attached hydrogen (secondary N) is 3. The highest BCUT2D eigenvalue weighted by atomic mass is 127. The molecule has 142 valence electrons. The van der Waals surface area contributed by atoms with Crippen molar-refractivity contribution in [2.75, 3.05) is 33.3 Å². The fourth-order valence-electron chi connectivity index (χ4n) is 2.10. The van der Waals surface area contributed by atoms with Crippen LogP contribution in [-0.4, -0.2) is 45.2 Å². The molecule has 25 heavy (non-hydrogen) atoms. The van der Waals surface area contributed by atoms with Crippen molar-refractivity contribution in [2.45, 2.75) is 33.1 Å². The number of ether oxygens (including phenoxy) is 1. The van der Waals surface area contributed by atoms with E-state index in [4.69, 9.17) is 4.74 Å². The minimum absolute atomic E-state index is 0. The molecule has 0 spiro atoms. The van der Waals surface area contributed by atoms with Gasteiger partial charge in [-0.2, -0.15) is 0 Å². The van der Waals surface area contributed by atoms with Crippen molar-refractivity contribution in [3.63, 3.8) is 0 Å². The normalized spacial score (nSPS) is 10.6. The molecule has 1 aromatic rings. The first kappa shape index (κ1) is 23.5. The molecule has 1 amide bonds. The van der Waals surface area contributed by atoms with Crippen molar-refractivity contribution in [1.29, 1.82) is 0 Å². The van der Waals surface area contributed by atoms with Gasteiger partial charge >= 0.3 is 0 Å². The average Bonchev–Trinajstić information content (AvgIpc) is 2.62. The molecule has 0 aliphatic heterocycles. The second kappa shape index (κ2) is 14.8. The summed E-state index contributed by atoms with van der Waals surface area (Å²) in [6.45, 7) is 7.01. The summed E-state index contributed by atoms with van der Waals surface area (Å²) in [6.07, 6.45) is 3.49. The first-order chi connectivity index (χ1) is 11.7. The van der Waals surface area contributed by atoms with Crippen LogP contribution in [0.2, 0.25) is 0 Å². The van der Waals surface area contributed by atoms with E-state index in [0.29, 0.717) is 18.7 Å². The molecule has 0 aromatic heterocycles. The van der Waals surface area contributed by atoms with Crippen LogP contribution in [0.15, 0.2) is 29.3 Å². The number of halogens is 1. The van der Waals surface area contributed by atoms with Crippen LogP contribution >= 0.6 is 24.0 Å². The Labute approximate surface area is 168 Å². The minimum Gasteiger partial charge on any atom is -0.497 e. The fraction of sp³-hybridized carbons (Fsp3) is 0.556. The van der Waals surface area contributed by atoms with Gasteiger partial charge in [-0.15, -0.1) is 24.0 Å². The number of hydrogen-bond donors (Lipinski definition) is 3. The van der Waals surface area contributed by atoms with Gasteiger partial charge in [0.05, 0.1) is 7.11 Å². The van der Waals surface area contributed by atoms with Crippen molar-refractivity contribution < 1.29 is 9.53 Å². The summed E-state index contributed by atoms with van der Waals surface area (Å²) in [6, 6.07) is 7.06. The lowest BCUT2D eigenvalue weighted by Crippen LogP contribution is -2.41. The predicted molar refractivity (Wildman–Crippen MR) is 114 cm³/mol. The van der Waals surface area contributed by atoms with Crippen LogP contribution in [0.5, 0.6) is 5.75 Å². The zero-order valence-corrected chi connectivity index (χ0v) is 17.8. The molecule has 0 atom stereocenters. The number of methoxy groups -OCH3 is 1. The van der Waals surface area contributed by atoms with E-state index in [9.17, 15) is 4.79 Å². The van der Waals surface area contributed by atoms with Crippen LogP contribution in [0, 0.1) is 0 Å². The van der Waals surface area contributed by atoms with Gasteiger partial charge in [-0.25, -0.2) is 0 Å². The second-order valence-electron chi connectivity index (χ2n) is 5.38. The van der Waals surface area contributed by atoms with Crippen LogP contribution in [0.3, 0.4) is 0 Å². The lowest BCUT2D eigenvalue weighted by atomic mass is 10.2. The smallest absolute Gasteiger partial charge is 0.251 e. The lowest BCUT2D eigenvalue weighted by Gasteiger charge is -2.12. The number of guanidine groups is 1. The molecule has 0 aliphatic carbocycles. The number of benzene rings is 1. The molecule has 0 heterocycles. The van der Waals surface area contributed by atoms with E-state index < -0.39 is 0 Å². The number of amides is 1. The van der Waals surface area contributed by atoms with Crippen LogP contribution in [0.25, 0.3) is 0 Å². The topological polar surface area (TPSA) is 74.8 Å². The number of rotatable bonds is 10. The van der Waals surface area contributed by atoms with Crippen molar-refractivity contribution in [3.05, 3.63) is 29.8 Å². The zero-order chi connectivity index (χ0) is 17.6. The summed E-state index contributed by atoms with van der Waals surface area (Å²) in [5.41, 5.74) is 0.621. The lowest BCUT2D eigenvalue weighted by molar-refractivity contribution is 0.0954. The van der Waals surface area contributed by atoms with Gasteiger partial charge in [0.25, 0.3) is 5.91 Å². The van der Waals surface area contributed by atoms with E-state index in [1.165, 1.54) is 12.8 Å². The largest absolute Gasteiger partial charge is 0.497 e. The highest BCUT2D eigenvalue weighted by Gasteiger charge is 2.05. The third-order valence-electron chi connectivity index (χ3n) is 3.43. The molecular formula is C18H31IN4O2. The molecular weight excluding hydrogens is 431 g/mol. The molecule has 3 N–H and O–H groups in total. The van der Waals surface area contributed by atoms with E-state index in [1.807, 2.05) is 6.92 Å². The maximum absolute atomic E-state index is 12.0. The number of nitrogens with zero attached hydrogens (tertiary/aromatic N) is 1. The summed E-state index contributed by atoms with van der Waals surface area (Å²) in [5, 5.41) is 9.32. The van der Waals surface area contributed by atoms with Gasteiger partial charge in [0, 0.05) is 31.7 Å². The van der Waals surface area contributed by atoms with Crippen LogP contribution in [-0.2, 0) is 0 Å². The number of hydrogen-bond acceptors (Lipinski definition) is 3. The first-order valence-corrected chi connectivity index (χ1v) is 8.65. The first-order valence-electron chi connectivity index (χ1n) is 8.65. The molecule has 0 saturated carbocycles. The molecule has 7 heteroatoms. The van der Waals surface area contributed by atoms with Crippen molar-refractivity contribution in [1.82, 2.24) is 16.0 Å². The summed E-state index contributed by atoms with van der Waals surface area (Å²) in [4.78, 5) is 16.5. The summed E-state index contributed by atoms with van der Waals surface area (Å²) in [5.74, 6) is 1.44. The van der Waals surface area contributed by atoms with Gasteiger partial charge in [0.1, 0.15) is 5.75 Å². The van der Waals surface area contributed by atoms with Gasteiger partial charge in [0.15, 0.2) is 5.96 Å². The van der Waals surface area contributed by atoms with Crippen LogP contribution in [0.4, 0.5) is 0 Å². The monoisotopic (exact) mass is 462 g/mol. The minimum atomic E-state index is -0.0932. The number of carbonyl (C=O) groups is 1. The molecule has 0 saturated heterocycles. The molecule has 0 bridgehead atoms.